The molecule has 0 unspecified atom stereocenters. The Kier molecular flexibility index (Phi) is 7.05. The first-order valence-electron chi connectivity index (χ1n) is 14.7. The normalized spacial score (nSPS) is 18.4. The van der Waals surface area contributed by atoms with E-state index in [-0.39, 0.29) is 22.5 Å². The summed E-state index contributed by atoms with van der Waals surface area (Å²) in [7, 11) is 5.25. The molecule has 0 bridgehead atoms. The largest absolute Gasteiger partial charge is 0.477 e. The van der Waals surface area contributed by atoms with E-state index < -0.39 is 28.6 Å². The fourth-order valence-corrected chi connectivity index (χ4v) is 7.00. The molecule has 2 atom stereocenters. The van der Waals surface area contributed by atoms with E-state index in [4.69, 9.17) is 4.74 Å². The van der Waals surface area contributed by atoms with Crippen LogP contribution in [0, 0.1) is 17.6 Å². The van der Waals surface area contributed by atoms with E-state index in [1.807, 2.05) is 0 Å². The van der Waals surface area contributed by atoms with Crippen molar-refractivity contribution < 1.29 is 23.4 Å². The quantitative estimate of drug-likeness (QED) is 0.191. The number of pyridine rings is 3. The molecule has 12 nitrogen and oxygen atoms in total. The fourth-order valence-electron chi connectivity index (χ4n) is 7.00. The monoisotopic (exact) mass is 618 g/mol. The highest BCUT2D eigenvalue weighted by Gasteiger charge is 2.42. The minimum Gasteiger partial charge on any atom is -0.477 e. The van der Waals surface area contributed by atoms with Crippen molar-refractivity contribution in [3.05, 3.63) is 58.1 Å². The van der Waals surface area contributed by atoms with E-state index >= 15 is 4.39 Å². The van der Waals surface area contributed by atoms with Gasteiger partial charge >= 0.3 is 5.97 Å². The molecule has 0 spiro atoms. The second-order valence-electron chi connectivity index (χ2n) is 11.7. The van der Waals surface area contributed by atoms with Gasteiger partial charge in [0, 0.05) is 75.6 Å². The highest BCUT2D eigenvalue weighted by molar-refractivity contribution is 6.18. The van der Waals surface area contributed by atoms with E-state index in [0.29, 0.717) is 64.7 Å². The van der Waals surface area contributed by atoms with Crippen LogP contribution in [0.25, 0.3) is 44.1 Å². The zero-order valence-corrected chi connectivity index (χ0v) is 24.9. The van der Waals surface area contributed by atoms with Crippen LogP contribution in [0.3, 0.4) is 0 Å². The Balaban J connectivity index is 1.52. The average Bonchev–Trinajstić information content (AvgIpc) is 3.71. The Bertz CT molecular complexity index is 2060. The number of hydrogen-bond acceptors (Lipinski definition) is 9. The molecule has 5 aromatic rings. The summed E-state index contributed by atoms with van der Waals surface area (Å²) in [5.74, 6) is -2.95. The molecule has 2 saturated heterocycles. The number of benzene rings is 1. The lowest BCUT2D eigenvalue weighted by Crippen LogP contribution is -2.35. The number of rotatable bonds is 8. The number of carboxylic acids is 1. The van der Waals surface area contributed by atoms with E-state index in [9.17, 15) is 19.1 Å². The average molecular weight is 619 g/mol. The molecule has 45 heavy (non-hydrogen) atoms. The van der Waals surface area contributed by atoms with Crippen molar-refractivity contribution in [3.8, 4) is 11.1 Å². The SMILES string of the molecule is CNc1cc(F)c(F)c2c1[nH]c1ncc(-c3cnc4c(c3)c(=O)c(C(=O)O)cn4NCCOC)c(N3CC[C@H]4CN(C)C[C@H]43)c12. The first kappa shape index (κ1) is 28.9. The van der Waals surface area contributed by atoms with Gasteiger partial charge in [0.1, 0.15) is 11.2 Å². The second kappa shape index (κ2) is 11.0. The number of aromatic carboxylic acids is 1. The maximum Gasteiger partial charge on any atom is 0.341 e. The number of methoxy groups -OCH3 is 1. The molecule has 0 aliphatic carbocycles. The molecule has 2 aliphatic heterocycles. The highest BCUT2D eigenvalue weighted by atomic mass is 19.2. The van der Waals surface area contributed by atoms with Crippen molar-refractivity contribution in [1.82, 2.24) is 24.5 Å². The van der Waals surface area contributed by atoms with Crippen LogP contribution < -0.4 is 21.1 Å². The molecular weight excluding hydrogens is 586 g/mol. The van der Waals surface area contributed by atoms with Gasteiger partial charge in [0.15, 0.2) is 17.3 Å². The topological polar surface area (TPSA) is 141 Å². The second-order valence-corrected chi connectivity index (χ2v) is 11.7. The van der Waals surface area contributed by atoms with Crippen LogP contribution in [0.2, 0.25) is 0 Å². The van der Waals surface area contributed by atoms with Crippen LogP contribution in [-0.2, 0) is 4.74 Å². The van der Waals surface area contributed by atoms with Gasteiger partial charge in [0.25, 0.3) is 0 Å². The molecule has 7 rings (SSSR count). The van der Waals surface area contributed by atoms with E-state index in [0.717, 1.165) is 25.6 Å². The van der Waals surface area contributed by atoms with Crippen molar-refractivity contribution in [3.63, 3.8) is 0 Å². The molecule has 6 heterocycles. The van der Waals surface area contributed by atoms with Gasteiger partial charge in [-0.05, 0) is 25.5 Å². The first-order chi connectivity index (χ1) is 21.7. The summed E-state index contributed by atoms with van der Waals surface area (Å²) in [6, 6.07) is 2.83. The number of halogens is 2. The molecule has 4 N–H and O–H groups in total. The number of aromatic amines is 1. The molecule has 0 saturated carbocycles. The molecule has 14 heteroatoms. The summed E-state index contributed by atoms with van der Waals surface area (Å²) < 4.78 is 37.3. The standard InChI is InChI=1S/C31H32F2N8O4/c1-34-21-9-20(32)25(33)23-24-27(40-6-4-15-12-39(2)14-22(15)40)18(11-35-29(24)38-26(21)23)16-8-17-28(42)19(31(43)44)13-41(30(17)36-10-16)37-5-7-45-3/h8-11,13,15,22,34,37H,4-7,12,14H2,1-3H3,(H,35,38)(H,43,44)/t15-,22+/m0/s1. The number of hydrogen-bond donors (Lipinski definition) is 4. The van der Waals surface area contributed by atoms with Crippen LogP contribution in [0.5, 0.6) is 0 Å². The van der Waals surface area contributed by atoms with Crippen LogP contribution >= 0.6 is 0 Å². The van der Waals surface area contributed by atoms with Gasteiger partial charge in [0.05, 0.1) is 46.2 Å². The Labute approximate surface area is 255 Å². The number of likely N-dealkylation sites (tertiary alicyclic amines) is 1. The van der Waals surface area contributed by atoms with Gasteiger partial charge in [0.2, 0.25) is 5.43 Å². The summed E-state index contributed by atoms with van der Waals surface area (Å²) in [4.78, 5) is 42.4. The van der Waals surface area contributed by atoms with Crippen LogP contribution in [0.1, 0.15) is 16.8 Å². The summed E-state index contributed by atoms with van der Waals surface area (Å²) >= 11 is 0. The summed E-state index contributed by atoms with van der Waals surface area (Å²) in [5, 5.41) is 13.4. The number of H-pyrrole nitrogens is 1. The molecule has 0 radical (unpaired) electrons. The molecule has 4 aromatic heterocycles. The lowest BCUT2D eigenvalue weighted by molar-refractivity contribution is 0.0695. The van der Waals surface area contributed by atoms with Gasteiger partial charge in [-0.3, -0.25) is 4.79 Å². The predicted octanol–water partition coefficient (Wildman–Crippen LogP) is 3.44. The number of carboxylic acid groups (broad SMARTS) is 1. The number of aromatic nitrogens is 4. The number of fused-ring (bicyclic) bond motifs is 5. The van der Waals surface area contributed by atoms with Crippen molar-refractivity contribution in [2.75, 3.05) is 69.6 Å². The number of carbonyl (C=O) groups is 1. The maximum absolute atomic E-state index is 15.8. The molecule has 2 aliphatic rings. The van der Waals surface area contributed by atoms with Crippen molar-refractivity contribution in [2.45, 2.75) is 12.5 Å². The molecular formula is C31H32F2N8O4. The summed E-state index contributed by atoms with van der Waals surface area (Å²) in [6.45, 7) is 3.10. The zero-order valence-electron chi connectivity index (χ0n) is 24.9. The third-order valence-corrected chi connectivity index (χ3v) is 9.02. The zero-order chi connectivity index (χ0) is 31.6. The van der Waals surface area contributed by atoms with Gasteiger partial charge in [-0.2, -0.15) is 0 Å². The highest BCUT2D eigenvalue weighted by Crippen LogP contribution is 2.46. The van der Waals surface area contributed by atoms with Crippen molar-refractivity contribution in [1.29, 1.82) is 0 Å². The van der Waals surface area contributed by atoms with Crippen LogP contribution in [-0.4, -0.2) is 95.6 Å². The third-order valence-electron chi connectivity index (χ3n) is 9.02. The Morgan fingerprint density at radius 3 is 2.78 bits per heavy atom. The third kappa shape index (κ3) is 4.54. The van der Waals surface area contributed by atoms with Crippen molar-refractivity contribution >= 4 is 50.3 Å². The predicted molar refractivity (Wildman–Crippen MR) is 168 cm³/mol. The first-order valence-corrected chi connectivity index (χ1v) is 14.7. The number of nitrogens with one attached hydrogen (secondary N) is 3. The molecule has 0 amide bonds. The Morgan fingerprint density at radius 2 is 2.02 bits per heavy atom. The van der Waals surface area contributed by atoms with E-state index in [2.05, 4.69) is 42.5 Å². The number of nitrogens with zero attached hydrogens (tertiary/aromatic N) is 5. The minimum absolute atomic E-state index is 0.0804. The van der Waals surface area contributed by atoms with Crippen LogP contribution in [0.4, 0.5) is 20.2 Å². The van der Waals surface area contributed by atoms with Crippen LogP contribution in [0.15, 0.2) is 35.5 Å². The lowest BCUT2D eigenvalue weighted by atomic mass is 9.99. The Hall–Kier alpha value is -4.82. The lowest BCUT2D eigenvalue weighted by Gasteiger charge is -2.29. The minimum atomic E-state index is -1.37. The molecule has 234 valence electrons. The number of ether oxygens (including phenoxy) is 1. The van der Waals surface area contributed by atoms with Crippen molar-refractivity contribution in [2.24, 2.45) is 5.92 Å². The summed E-state index contributed by atoms with van der Waals surface area (Å²) in [5.41, 5.74) is 5.06. The summed E-state index contributed by atoms with van der Waals surface area (Å²) in [6.07, 6.45) is 5.36. The van der Waals surface area contributed by atoms with Gasteiger partial charge < -0.3 is 35.4 Å². The smallest absolute Gasteiger partial charge is 0.341 e. The Morgan fingerprint density at radius 1 is 1.20 bits per heavy atom. The fraction of sp³-hybridized carbons (Fsp3) is 0.355. The molecule has 1 aromatic carbocycles. The number of likely N-dealkylation sites (N-methyl/N-ethyl adjacent to an activating group) is 1. The van der Waals surface area contributed by atoms with E-state index in [1.54, 1.807) is 32.6 Å². The maximum atomic E-state index is 15.8. The van der Waals surface area contributed by atoms with Gasteiger partial charge in [-0.25, -0.2) is 28.2 Å². The van der Waals surface area contributed by atoms with Gasteiger partial charge in [-0.15, -0.1) is 0 Å². The van der Waals surface area contributed by atoms with E-state index in [1.165, 1.54) is 10.9 Å². The molecule has 2 fully saturated rings. The number of anilines is 2. The van der Waals surface area contributed by atoms with Gasteiger partial charge in [-0.1, -0.05) is 0 Å².